The molecule has 1 aromatic heterocycles. The molecule has 6 heteroatoms. The van der Waals surface area contributed by atoms with Crippen molar-refractivity contribution in [2.75, 3.05) is 38.6 Å². The summed E-state index contributed by atoms with van der Waals surface area (Å²) in [6, 6.07) is 0. The number of carboxylic acids is 1. The van der Waals surface area contributed by atoms with Crippen LogP contribution in [0.3, 0.4) is 0 Å². The molecule has 96 valence electrons. The third-order valence-electron chi connectivity index (χ3n) is 2.29. The number of carboxylic acid groups (broad SMARTS) is 1. The van der Waals surface area contributed by atoms with E-state index in [1.807, 2.05) is 14.1 Å². The lowest BCUT2D eigenvalue weighted by Gasteiger charge is -2.22. The lowest BCUT2D eigenvalue weighted by atomic mass is 10.4. The third kappa shape index (κ3) is 4.32. The summed E-state index contributed by atoms with van der Waals surface area (Å²) in [7, 11) is 4.04. The van der Waals surface area contributed by atoms with Gasteiger partial charge in [-0.05, 0) is 20.5 Å². The zero-order chi connectivity index (χ0) is 12.8. The molecule has 0 fully saturated rings. The normalized spacial score (nSPS) is 10.8. The fourth-order valence-electron chi connectivity index (χ4n) is 1.40. The number of likely N-dealkylation sites (N-methyl/N-ethyl adjacent to an activating group) is 1. The first-order valence-corrected chi connectivity index (χ1v) is 6.45. The summed E-state index contributed by atoms with van der Waals surface area (Å²) in [5, 5.41) is 9.67. The van der Waals surface area contributed by atoms with Crippen LogP contribution in [-0.2, 0) is 0 Å². The van der Waals surface area contributed by atoms with Crippen LogP contribution in [0.2, 0.25) is 0 Å². The van der Waals surface area contributed by atoms with Crippen molar-refractivity contribution in [3.05, 3.63) is 11.1 Å². The van der Waals surface area contributed by atoms with Crippen LogP contribution in [0.4, 0.5) is 5.13 Å². The molecule has 0 atom stereocenters. The molecular weight excluding hydrogens is 238 g/mol. The van der Waals surface area contributed by atoms with Gasteiger partial charge >= 0.3 is 5.97 Å². The second-order valence-electron chi connectivity index (χ2n) is 4.10. The van der Waals surface area contributed by atoms with E-state index in [-0.39, 0.29) is 0 Å². The predicted octanol–water partition coefficient (Wildman–Crippen LogP) is 1.62. The van der Waals surface area contributed by atoms with E-state index in [4.69, 9.17) is 5.11 Å². The quantitative estimate of drug-likeness (QED) is 0.804. The maximum Gasteiger partial charge on any atom is 0.347 e. The minimum absolute atomic E-state index is 0.297. The monoisotopic (exact) mass is 257 g/mol. The van der Waals surface area contributed by atoms with Gasteiger partial charge in [0, 0.05) is 19.6 Å². The summed E-state index contributed by atoms with van der Waals surface area (Å²) in [6.07, 6.45) is 2.45. The molecule has 0 aliphatic rings. The van der Waals surface area contributed by atoms with Crippen LogP contribution in [0.25, 0.3) is 0 Å². The maximum atomic E-state index is 10.8. The van der Waals surface area contributed by atoms with Crippen molar-refractivity contribution in [2.45, 2.75) is 13.3 Å². The SMILES string of the molecule is CCCN(CCN(C)C)c1ncc(C(=O)O)s1. The van der Waals surface area contributed by atoms with Crippen LogP contribution < -0.4 is 4.90 Å². The van der Waals surface area contributed by atoms with Gasteiger partial charge in [0.2, 0.25) is 0 Å². The Kier molecular flexibility index (Phi) is 5.37. The highest BCUT2D eigenvalue weighted by Crippen LogP contribution is 2.22. The Morgan fingerprint density at radius 3 is 2.59 bits per heavy atom. The van der Waals surface area contributed by atoms with Gasteiger partial charge in [0.25, 0.3) is 0 Å². The average Bonchev–Trinajstić information content (AvgIpc) is 2.73. The second kappa shape index (κ2) is 6.56. The number of hydrogen-bond donors (Lipinski definition) is 1. The molecule has 0 spiro atoms. The van der Waals surface area contributed by atoms with Gasteiger partial charge in [-0.1, -0.05) is 18.3 Å². The van der Waals surface area contributed by atoms with Crippen LogP contribution in [-0.4, -0.2) is 54.7 Å². The second-order valence-corrected chi connectivity index (χ2v) is 5.11. The smallest absolute Gasteiger partial charge is 0.347 e. The van der Waals surface area contributed by atoms with Crippen LogP contribution >= 0.6 is 11.3 Å². The highest BCUT2D eigenvalue weighted by molar-refractivity contribution is 7.17. The van der Waals surface area contributed by atoms with E-state index < -0.39 is 5.97 Å². The summed E-state index contributed by atoms with van der Waals surface area (Å²) in [6.45, 7) is 4.81. The maximum absolute atomic E-state index is 10.8. The number of anilines is 1. The Morgan fingerprint density at radius 2 is 2.12 bits per heavy atom. The first-order valence-electron chi connectivity index (χ1n) is 5.63. The third-order valence-corrected chi connectivity index (χ3v) is 3.33. The molecule has 0 saturated carbocycles. The predicted molar refractivity (Wildman–Crippen MR) is 70.1 cm³/mol. The largest absolute Gasteiger partial charge is 0.477 e. The lowest BCUT2D eigenvalue weighted by Crippen LogP contribution is -2.32. The van der Waals surface area contributed by atoms with Gasteiger partial charge < -0.3 is 14.9 Å². The topological polar surface area (TPSA) is 56.7 Å². The highest BCUT2D eigenvalue weighted by atomic mass is 32.1. The van der Waals surface area contributed by atoms with Gasteiger partial charge in [-0.3, -0.25) is 0 Å². The minimum Gasteiger partial charge on any atom is -0.477 e. The Bertz CT molecular complexity index is 365. The lowest BCUT2D eigenvalue weighted by molar-refractivity contribution is 0.0702. The fraction of sp³-hybridized carbons (Fsp3) is 0.636. The minimum atomic E-state index is -0.905. The molecule has 1 aromatic rings. The van der Waals surface area contributed by atoms with Crippen molar-refractivity contribution in [2.24, 2.45) is 0 Å². The summed E-state index contributed by atoms with van der Waals surface area (Å²) in [5.41, 5.74) is 0. The molecule has 17 heavy (non-hydrogen) atoms. The van der Waals surface area contributed by atoms with Crippen LogP contribution in [0.1, 0.15) is 23.0 Å². The Morgan fingerprint density at radius 1 is 1.41 bits per heavy atom. The van der Waals surface area contributed by atoms with Crippen molar-refractivity contribution < 1.29 is 9.90 Å². The van der Waals surface area contributed by atoms with E-state index in [2.05, 4.69) is 21.7 Å². The molecule has 0 amide bonds. The molecule has 1 rings (SSSR count). The van der Waals surface area contributed by atoms with Crippen molar-refractivity contribution in [1.29, 1.82) is 0 Å². The van der Waals surface area contributed by atoms with E-state index in [0.717, 1.165) is 31.2 Å². The van der Waals surface area contributed by atoms with Gasteiger partial charge in [-0.2, -0.15) is 0 Å². The summed E-state index contributed by atoms with van der Waals surface area (Å²) < 4.78 is 0. The number of nitrogens with zero attached hydrogens (tertiary/aromatic N) is 3. The first-order chi connectivity index (χ1) is 8.04. The fourth-order valence-corrected chi connectivity index (χ4v) is 2.21. The Hall–Kier alpha value is -1.14. The molecule has 0 saturated heterocycles. The van der Waals surface area contributed by atoms with Gasteiger partial charge in [0.15, 0.2) is 5.13 Å². The zero-order valence-corrected chi connectivity index (χ0v) is 11.3. The number of rotatable bonds is 7. The molecule has 0 bridgehead atoms. The average molecular weight is 257 g/mol. The van der Waals surface area contributed by atoms with Crippen LogP contribution in [0, 0.1) is 0 Å². The molecule has 1 N–H and O–H groups in total. The van der Waals surface area contributed by atoms with Crippen LogP contribution in [0.15, 0.2) is 6.20 Å². The number of thiazole rings is 1. The van der Waals surface area contributed by atoms with Gasteiger partial charge in [-0.25, -0.2) is 9.78 Å². The van der Waals surface area contributed by atoms with E-state index in [0.29, 0.717) is 4.88 Å². The van der Waals surface area contributed by atoms with E-state index >= 15 is 0 Å². The summed E-state index contributed by atoms with van der Waals surface area (Å²) in [4.78, 5) is 19.5. The molecule has 1 heterocycles. The summed E-state index contributed by atoms with van der Waals surface area (Å²) in [5.74, 6) is -0.905. The Labute approximate surface area is 106 Å². The molecule has 0 aliphatic carbocycles. The summed E-state index contributed by atoms with van der Waals surface area (Å²) >= 11 is 1.24. The standard InChI is InChI=1S/C11H19N3O2S/c1-4-5-14(7-6-13(2)3)11-12-8-9(17-11)10(15)16/h8H,4-7H2,1-3H3,(H,15,16). The number of aromatic carboxylic acids is 1. The van der Waals surface area contributed by atoms with E-state index in [9.17, 15) is 4.79 Å². The number of hydrogen-bond acceptors (Lipinski definition) is 5. The molecule has 0 aromatic carbocycles. The number of aromatic nitrogens is 1. The van der Waals surface area contributed by atoms with Gasteiger partial charge in [0.1, 0.15) is 4.88 Å². The Balaban J connectivity index is 2.70. The van der Waals surface area contributed by atoms with Crippen molar-refractivity contribution in [3.8, 4) is 0 Å². The number of carbonyl (C=O) groups is 1. The molecular formula is C11H19N3O2S. The highest BCUT2D eigenvalue weighted by Gasteiger charge is 2.13. The molecule has 0 aliphatic heterocycles. The van der Waals surface area contributed by atoms with Crippen molar-refractivity contribution in [3.63, 3.8) is 0 Å². The van der Waals surface area contributed by atoms with Gasteiger partial charge in [0.05, 0.1) is 6.20 Å². The van der Waals surface area contributed by atoms with Crippen LogP contribution in [0.5, 0.6) is 0 Å². The zero-order valence-electron chi connectivity index (χ0n) is 10.5. The molecule has 0 radical (unpaired) electrons. The van der Waals surface area contributed by atoms with Crippen molar-refractivity contribution in [1.82, 2.24) is 9.88 Å². The molecule has 0 unspecified atom stereocenters. The van der Waals surface area contributed by atoms with Gasteiger partial charge in [-0.15, -0.1) is 0 Å². The van der Waals surface area contributed by atoms with E-state index in [1.54, 1.807) is 0 Å². The van der Waals surface area contributed by atoms with Crippen molar-refractivity contribution >= 4 is 22.4 Å². The van der Waals surface area contributed by atoms with E-state index in [1.165, 1.54) is 17.5 Å². The molecule has 5 nitrogen and oxygen atoms in total. The first kappa shape index (κ1) is 13.9.